The first-order valence-electron chi connectivity index (χ1n) is 5.92. The van der Waals surface area contributed by atoms with Crippen molar-refractivity contribution in [3.63, 3.8) is 0 Å². The quantitative estimate of drug-likeness (QED) is 0.769. The largest absolute Gasteiger partial charge is 0.417 e. The fourth-order valence-electron chi connectivity index (χ4n) is 1.55. The number of nitrogens with zero attached hydrogens (tertiary/aromatic N) is 1. The second kappa shape index (κ2) is 7.30. The monoisotopic (exact) mass is 278 g/mol. The molecule has 0 aliphatic rings. The lowest BCUT2D eigenvalue weighted by atomic mass is 10.2. The van der Waals surface area contributed by atoms with Crippen molar-refractivity contribution in [2.24, 2.45) is 0 Å². The molecule has 0 aromatic carbocycles. The molecular formula is C12H17F3N2O2. The SMILES string of the molecule is COCCNCCCn1cc(C(F)(F)F)ccc1=O. The van der Waals surface area contributed by atoms with Gasteiger partial charge in [0, 0.05) is 32.5 Å². The van der Waals surface area contributed by atoms with E-state index in [0.29, 0.717) is 26.1 Å². The van der Waals surface area contributed by atoms with E-state index in [1.807, 2.05) is 0 Å². The van der Waals surface area contributed by atoms with Gasteiger partial charge in [0.2, 0.25) is 0 Å². The van der Waals surface area contributed by atoms with E-state index < -0.39 is 17.3 Å². The Hall–Kier alpha value is -1.34. The van der Waals surface area contributed by atoms with Crippen molar-refractivity contribution >= 4 is 0 Å². The Morgan fingerprint density at radius 3 is 2.68 bits per heavy atom. The minimum Gasteiger partial charge on any atom is -0.383 e. The number of aromatic nitrogens is 1. The van der Waals surface area contributed by atoms with Gasteiger partial charge in [0.05, 0.1) is 12.2 Å². The second-order valence-electron chi connectivity index (χ2n) is 4.04. The highest BCUT2D eigenvalue weighted by Crippen LogP contribution is 2.27. The molecule has 0 radical (unpaired) electrons. The van der Waals surface area contributed by atoms with E-state index in [9.17, 15) is 18.0 Å². The Morgan fingerprint density at radius 1 is 1.32 bits per heavy atom. The molecule has 1 N–H and O–H groups in total. The summed E-state index contributed by atoms with van der Waals surface area (Å²) in [5.41, 5.74) is -1.23. The van der Waals surface area contributed by atoms with Gasteiger partial charge in [-0.2, -0.15) is 13.2 Å². The lowest BCUT2D eigenvalue weighted by Crippen LogP contribution is -2.25. The first kappa shape index (κ1) is 15.7. The van der Waals surface area contributed by atoms with Gasteiger partial charge in [-0.15, -0.1) is 0 Å². The molecule has 1 rings (SSSR count). The van der Waals surface area contributed by atoms with Crippen molar-refractivity contribution in [1.29, 1.82) is 0 Å². The number of rotatable bonds is 7. The number of hydrogen-bond acceptors (Lipinski definition) is 3. The lowest BCUT2D eigenvalue weighted by molar-refractivity contribution is -0.138. The first-order chi connectivity index (χ1) is 8.95. The maximum absolute atomic E-state index is 12.5. The van der Waals surface area contributed by atoms with Crippen molar-refractivity contribution in [3.8, 4) is 0 Å². The normalized spacial score (nSPS) is 11.8. The van der Waals surface area contributed by atoms with Gasteiger partial charge < -0.3 is 14.6 Å². The van der Waals surface area contributed by atoms with E-state index in [4.69, 9.17) is 4.74 Å². The predicted octanol–water partition coefficient (Wildman–Crippen LogP) is 1.49. The van der Waals surface area contributed by atoms with Crippen LogP contribution in [0, 0.1) is 0 Å². The van der Waals surface area contributed by atoms with Crippen LogP contribution in [0.4, 0.5) is 13.2 Å². The van der Waals surface area contributed by atoms with E-state index in [1.165, 1.54) is 0 Å². The second-order valence-corrected chi connectivity index (χ2v) is 4.04. The van der Waals surface area contributed by atoms with Crippen LogP contribution in [-0.4, -0.2) is 31.4 Å². The van der Waals surface area contributed by atoms with Crippen LogP contribution in [0.3, 0.4) is 0 Å². The van der Waals surface area contributed by atoms with Crippen LogP contribution in [-0.2, 0) is 17.5 Å². The number of nitrogens with one attached hydrogen (secondary N) is 1. The molecule has 0 aliphatic carbocycles. The zero-order valence-corrected chi connectivity index (χ0v) is 10.7. The van der Waals surface area contributed by atoms with Crippen LogP contribution in [0.1, 0.15) is 12.0 Å². The number of alkyl halides is 3. The molecule has 0 unspecified atom stereocenters. The molecular weight excluding hydrogens is 261 g/mol. The molecule has 0 spiro atoms. The molecule has 4 nitrogen and oxygen atoms in total. The van der Waals surface area contributed by atoms with Crippen molar-refractivity contribution in [2.75, 3.05) is 26.8 Å². The van der Waals surface area contributed by atoms with Gasteiger partial charge in [-0.25, -0.2) is 0 Å². The van der Waals surface area contributed by atoms with E-state index >= 15 is 0 Å². The van der Waals surface area contributed by atoms with Gasteiger partial charge in [0.1, 0.15) is 0 Å². The highest BCUT2D eigenvalue weighted by atomic mass is 19.4. The molecule has 1 heterocycles. The topological polar surface area (TPSA) is 43.3 Å². The summed E-state index contributed by atoms with van der Waals surface area (Å²) in [5.74, 6) is 0. The van der Waals surface area contributed by atoms with E-state index in [-0.39, 0.29) is 6.54 Å². The zero-order chi connectivity index (χ0) is 14.3. The molecule has 1 aromatic rings. The van der Waals surface area contributed by atoms with Crippen LogP contribution >= 0.6 is 0 Å². The molecule has 0 saturated heterocycles. The van der Waals surface area contributed by atoms with Crippen LogP contribution in [0.2, 0.25) is 0 Å². The number of hydrogen-bond donors (Lipinski definition) is 1. The summed E-state index contributed by atoms with van der Waals surface area (Å²) < 4.78 is 43.4. The van der Waals surface area contributed by atoms with E-state index in [0.717, 1.165) is 22.9 Å². The fraction of sp³-hybridized carbons (Fsp3) is 0.583. The van der Waals surface area contributed by atoms with Crippen molar-refractivity contribution in [2.45, 2.75) is 19.1 Å². The Morgan fingerprint density at radius 2 is 2.05 bits per heavy atom. The standard InChI is InChI=1S/C12H17F3N2O2/c1-19-8-6-16-5-2-7-17-9-10(12(13,14)15)3-4-11(17)18/h3-4,9,16H,2,5-8H2,1H3. The van der Waals surface area contributed by atoms with E-state index in [2.05, 4.69) is 5.32 Å². The van der Waals surface area contributed by atoms with Crippen LogP contribution in [0.25, 0.3) is 0 Å². The predicted molar refractivity (Wildman–Crippen MR) is 65.1 cm³/mol. The number of aryl methyl sites for hydroxylation is 1. The maximum atomic E-state index is 12.5. The number of ether oxygens (including phenoxy) is 1. The summed E-state index contributed by atoms with van der Waals surface area (Å²) in [5, 5.41) is 3.06. The highest BCUT2D eigenvalue weighted by molar-refractivity contribution is 5.13. The summed E-state index contributed by atoms with van der Waals surface area (Å²) in [6.45, 7) is 2.12. The number of methoxy groups -OCH3 is 1. The van der Waals surface area contributed by atoms with Gasteiger partial charge in [-0.05, 0) is 19.0 Å². The maximum Gasteiger partial charge on any atom is 0.417 e. The van der Waals surface area contributed by atoms with Crippen LogP contribution in [0.15, 0.2) is 23.1 Å². The third-order valence-corrected chi connectivity index (χ3v) is 2.55. The third kappa shape index (κ3) is 5.44. The van der Waals surface area contributed by atoms with Gasteiger partial charge in [-0.3, -0.25) is 4.79 Å². The van der Waals surface area contributed by atoms with Crippen molar-refractivity contribution < 1.29 is 17.9 Å². The van der Waals surface area contributed by atoms with Crippen molar-refractivity contribution in [1.82, 2.24) is 9.88 Å². The average Bonchev–Trinajstić information content (AvgIpc) is 2.34. The number of halogens is 3. The Labute approximate surface area is 109 Å². The minimum atomic E-state index is -4.42. The van der Waals surface area contributed by atoms with Crippen molar-refractivity contribution in [3.05, 3.63) is 34.2 Å². The Kier molecular flexibility index (Phi) is 6.04. The molecule has 0 saturated carbocycles. The summed E-state index contributed by atoms with van der Waals surface area (Å²) in [4.78, 5) is 11.4. The summed E-state index contributed by atoms with van der Waals surface area (Å²) in [6, 6.07) is 1.75. The van der Waals surface area contributed by atoms with Gasteiger partial charge in [-0.1, -0.05) is 0 Å². The molecule has 19 heavy (non-hydrogen) atoms. The molecule has 0 bridgehead atoms. The lowest BCUT2D eigenvalue weighted by Gasteiger charge is -2.10. The Balaban J connectivity index is 2.51. The molecule has 1 aromatic heterocycles. The molecule has 0 fully saturated rings. The molecule has 0 amide bonds. The third-order valence-electron chi connectivity index (χ3n) is 2.55. The van der Waals surface area contributed by atoms with Gasteiger partial charge >= 0.3 is 6.18 Å². The fourth-order valence-corrected chi connectivity index (χ4v) is 1.55. The summed E-state index contributed by atoms with van der Waals surface area (Å²) in [7, 11) is 1.59. The first-order valence-corrected chi connectivity index (χ1v) is 5.92. The van der Waals surface area contributed by atoms with Gasteiger partial charge in [0.15, 0.2) is 0 Å². The zero-order valence-electron chi connectivity index (χ0n) is 10.7. The van der Waals surface area contributed by atoms with Gasteiger partial charge in [0.25, 0.3) is 5.56 Å². The summed E-state index contributed by atoms with van der Waals surface area (Å²) >= 11 is 0. The summed E-state index contributed by atoms with van der Waals surface area (Å²) in [6.07, 6.45) is -2.99. The molecule has 7 heteroatoms. The van der Waals surface area contributed by atoms with Crippen LogP contribution in [0.5, 0.6) is 0 Å². The molecule has 108 valence electrons. The molecule has 0 atom stereocenters. The smallest absolute Gasteiger partial charge is 0.383 e. The van der Waals surface area contributed by atoms with Crippen LogP contribution < -0.4 is 10.9 Å². The van der Waals surface area contributed by atoms with E-state index in [1.54, 1.807) is 7.11 Å². The minimum absolute atomic E-state index is 0.253. The highest BCUT2D eigenvalue weighted by Gasteiger charge is 2.30. The average molecular weight is 278 g/mol. The number of pyridine rings is 1. The Bertz CT molecular complexity index is 443. The molecule has 0 aliphatic heterocycles.